The molecule has 3 fully saturated rings. The molecule has 210 valence electrons. The van der Waals surface area contributed by atoms with E-state index in [-0.39, 0.29) is 35.5 Å². The molecule has 1 aliphatic heterocycles. The van der Waals surface area contributed by atoms with Crippen molar-refractivity contribution in [3.8, 4) is 11.8 Å². The van der Waals surface area contributed by atoms with Gasteiger partial charge in [0.05, 0.1) is 29.9 Å². The van der Waals surface area contributed by atoms with Crippen LogP contribution in [0.5, 0.6) is 0 Å². The third-order valence-electron chi connectivity index (χ3n) is 8.07. The van der Waals surface area contributed by atoms with Crippen LogP contribution in [0.25, 0.3) is 0 Å². The molecular weight excluding hydrogens is 498 g/mol. The van der Waals surface area contributed by atoms with Crippen molar-refractivity contribution >= 4 is 28.9 Å². The van der Waals surface area contributed by atoms with Crippen molar-refractivity contribution in [2.45, 2.75) is 110 Å². The first-order valence-electron chi connectivity index (χ1n) is 14.5. The number of ether oxygens (including phenoxy) is 3. The van der Waals surface area contributed by atoms with Gasteiger partial charge < -0.3 is 19.1 Å². The van der Waals surface area contributed by atoms with Crippen LogP contribution in [0.1, 0.15) is 106 Å². The van der Waals surface area contributed by atoms with E-state index in [1.165, 1.54) is 18.4 Å². The lowest BCUT2D eigenvalue weighted by atomic mass is 9.81. The largest absolute Gasteiger partial charge is 0.465 e. The van der Waals surface area contributed by atoms with E-state index < -0.39 is 5.97 Å². The Hall–Kier alpha value is -1.88. The monoisotopic (exact) mass is 543 g/mol. The maximum atomic E-state index is 14.2. The summed E-state index contributed by atoms with van der Waals surface area (Å²) in [7, 11) is 1.40. The fourth-order valence-corrected chi connectivity index (χ4v) is 6.75. The van der Waals surface area contributed by atoms with Gasteiger partial charge in [-0.25, -0.2) is 4.79 Å². The van der Waals surface area contributed by atoms with E-state index in [1.807, 2.05) is 11.0 Å². The van der Waals surface area contributed by atoms with Gasteiger partial charge in [0.1, 0.15) is 4.88 Å². The van der Waals surface area contributed by atoms with Gasteiger partial charge in [-0.3, -0.25) is 4.79 Å². The van der Waals surface area contributed by atoms with E-state index in [1.54, 1.807) is 0 Å². The molecule has 2 heterocycles. The Labute approximate surface area is 232 Å². The topological polar surface area (TPSA) is 65.1 Å². The Balaban J connectivity index is 1.60. The number of esters is 1. The molecule has 1 aromatic rings. The van der Waals surface area contributed by atoms with Crippen molar-refractivity contribution in [1.82, 2.24) is 0 Å². The van der Waals surface area contributed by atoms with Crippen LogP contribution in [-0.4, -0.2) is 50.4 Å². The Morgan fingerprint density at radius 2 is 1.61 bits per heavy atom. The molecule has 0 bridgehead atoms. The van der Waals surface area contributed by atoms with E-state index in [9.17, 15) is 9.59 Å². The number of hydrogen-bond donors (Lipinski definition) is 0. The standard InChI is InChI=1S/C31H45NO5S/c1-21-6-8-22(9-7-21)29(33)32(23-10-12-24(13-11-23)37-25-15-18-36-19-16-25)27-20-26(14-17-31(2,3)4)38-28(27)30(34)35-5/h20-25H,6-13,15-16,18-19H2,1-5H3/t21-,22-,23-,24+. The first-order chi connectivity index (χ1) is 18.1. The molecule has 4 rings (SSSR count). The highest BCUT2D eigenvalue weighted by Crippen LogP contribution is 2.39. The van der Waals surface area contributed by atoms with Gasteiger partial charge >= 0.3 is 5.97 Å². The number of amides is 1. The minimum absolute atomic E-state index is 0.00285. The third kappa shape index (κ3) is 7.61. The zero-order chi connectivity index (χ0) is 27.3. The summed E-state index contributed by atoms with van der Waals surface area (Å²) >= 11 is 1.33. The summed E-state index contributed by atoms with van der Waals surface area (Å²) in [5.74, 6) is 6.94. The summed E-state index contributed by atoms with van der Waals surface area (Å²) in [6.45, 7) is 10.0. The zero-order valence-corrected chi connectivity index (χ0v) is 24.7. The fraction of sp³-hybridized carbons (Fsp3) is 0.742. The highest BCUT2D eigenvalue weighted by Gasteiger charge is 2.38. The maximum absolute atomic E-state index is 14.2. The number of anilines is 1. The number of nitrogens with zero attached hydrogens (tertiary/aromatic N) is 1. The van der Waals surface area contributed by atoms with Gasteiger partial charge in [0, 0.05) is 30.6 Å². The van der Waals surface area contributed by atoms with E-state index in [4.69, 9.17) is 14.2 Å². The quantitative estimate of drug-likeness (QED) is 0.299. The van der Waals surface area contributed by atoms with Gasteiger partial charge in [-0.2, -0.15) is 0 Å². The molecule has 0 spiro atoms. The van der Waals surface area contributed by atoms with E-state index in [2.05, 4.69) is 39.5 Å². The summed E-state index contributed by atoms with van der Waals surface area (Å²) in [6.07, 6.45) is 9.95. The molecular formula is C31H45NO5S. The zero-order valence-electron chi connectivity index (χ0n) is 23.8. The van der Waals surface area contributed by atoms with Crippen molar-refractivity contribution in [3.63, 3.8) is 0 Å². The second kappa shape index (κ2) is 13.0. The van der Waals surface area contributed by atoms with Gasteiger partial charge in [-0.15, -0.1) is 11.3 Å². The van der Waals surface area contributed by atoms with Crippen LogP contribution in [0, 0.1) is 29.1 Å². The van der Waals surface area contributed by atoms with Crippen LogP contribution >= 0.6 is 11.3 Å². The molecule has 0 atom stereocenters. The lowest BCUT2D eigenvalue weighted by Crippen LogP contribution is -2.47. The molecule has 0 N–H and O–H groups in total. The average molecular weight is 544 g/mol. The molecule has 1 saturated heterocycles. The number of hydrogen-bond acceptors (Lipinski definition) is 6. The Bertz CT molecular complexity index is 1010. The lowest BCUT2D eigenvalue weighted by molar-refractivity contribution is -0.124. The summed E-state index contributed by atoms with van der Waals surface area (Å²) < 4.78 is 17.1. The number of rotatable bonds is 6. The average Bonchev–Trinajstić information content (AvgIpc) is 3.32. The van der Waals surface area contributed by atoms with Crippen LogP contribution in [0.3, 0.4) is 0 Å². The van der Waals surface area contributed by atoms with Crippen molar-refractivity contribution in [3.05, 3.63) is 15.8 Å². The van der Waals surface area contributed by atoms with E-state index in [0.29, 0.717) is 16.5 Å². The van der Waals surface area contributed by atoms with Crippen LogP contribution in [-0.2, 0) is 19.0 Å². The molecule has 2 saturated carbocycles. The second-order valence-electron chi connectivity index (χ2n) is 12.4. The van der Waals surface area contributed by atoms with Gasteiger partial charge in [-0.05, 0) is 97.0 Å². The van der Waals surface area contributed by atoms with Crippen LogP contribution < -0.4 is 4.90 Å². The normalized spacial score (nSPS) is 26.8. The van der Waals surface area contributed by atoms with Gasteiger partial charge in [0.15, 0.2) is 0 Å². The highest BCUT2D eigenvalue weighted by atomic mass is 32.1. The molecule has 1 aromatic heterocycles. The minimum Gasteiger partial charge on any atom is -0.465 e. The molecule has 2 aliphatic carbocycles. The fourth-order valence-electron chi connectivity index (χ4n) is 5.83. The van der Waals surface area contributed by atoms with Crippen LogP contribution in [0.15, 0.2) is 6.07 Å². The number of methoxy groups -OCH3 is 1. The van der Waals surface area contributed by atoms with E-state index in [0.717, 1.165) is 82.3 Å². The first-order valence-corrected chi connectivity index (χ1v) is 15.3. The second-order valence-corrected chi connectivity index (χ2v) is 13.4. The molecule has 7 heteroatoms. The molecule has 6 nitrogen and oxygen atoms in total. The number of thiophene rings is 1. The van der Waals surface area contributed by atoms with Crippen molar-refractivity contribution in [1.29, 1.82) is 0 Å². The number of carbonyl (C=O) groups is 2. The van der Waals surface area contributed by atoms with Crippen LogP contribution in [0.4, 0.5) is 5.69 Å². The maximum Gasteiger partial charge on any atom is 0.350 e. The van der Waals surface area contributed by atoms with Gasteiger partial charge in [-0.1, -0.05) is 18.8 Å². The molecule has 0 aromatic carbocycles. The predicted octanol–water partition coefficient (Wildman–Crippen LogP) is 6.60. The van der Waals surface area contributed by atoms with Crippen LogP contribution in [0.2, 0.25) is 0 Å². The highest BCUT2D eigenvalue weighted by molar-refractivity contribution is 7.15. The first kappa shape index (κ1) is 29.1. The van der Waals surface area contributed by atoms with Crippen molar-refractivity contribution in [2.24, 2.45) is 17.3 Å². The summed E-state index contributed by atoms with van der Waals surface area (Å²) in [4.78, 5) is 30.4. The van der Waals surface area contributed by atoms with Crippen molar-refractivity contribution < 1.29 is 23.8 Å². The Morgan fingerprint density at radius 1 is 0.974 bits per heavy atom. The lowest BCUT2D eigenvalue weighted by Gasteiger charge is -2.40. The molecule has 0 unspecified atom stereocenters. The van der Waals surface area contributed by atoms with Gasteiger partial charge in [0.25, 0.3) is 0 Å². The summed E-state index contributed by atoms with van der Waals surface area (Å²) in [5.41, 5.74) is 0.518. The Morgan fingerprint density at radius 3 is 2.21 bits per heavy atom. The van der Waals surface area contributed by atoms with E-state index >= 15 is 0 Å². The predicted molar refractivity (Wildman–Crippen MR) is 152 cm³/mol. The SMILES string of the molecule is COC(=O)c1sc(C#CC(C)(C)C)cc1N(C(=O)[C@H]1CC[C@H](C)CC1)[C@H]1CC[C@@H](OC2CCOCC2)CC1. The Kier molecular flexibility index (Phi) is 9.95. The molecule has 38 heavy (non-hydrogen) atoms. The smallest absolute Gasteiger partial charge is 0.350 e. The minimum atomic E-state index is -0.402. The summed E-state index contributed by atoms with van der Waals surface area (Å²) in [6, 6.07) is 1.99. The molecule has 1 amide bonds. The van der Waals surface area contributed by atoms with Crippen molar-refractivity contribution in [2.75, 3.05) is 25.2 Å². The molecule has 0 radical (unpaired) electrons. The third-order valence-corrected chi connectivity index (χ3v) is 9.09. The van der Waals surface area contributed by atoms with Gasteiger partial charge in [0.2, 0.25) is 5.91 Å². The molecule has 3 aliphatic rings. The summed E-state index contributed by atoms with van der Waals surface area (Å²) in [5, 5.41) is 0. The number of carbonyl (C=O) groups excluding carboxylic acids is 2.